The fraction of sp³-hybridized carbons (Fsp3) is 0.0667. The third-order valence-electron chi connectivity index (χ3n) is 3.23. The molecule has 5 heteroatoms. The van der Waals surface area contributed by atoms with Gasteiger partial charge in [0.05, 0.1) is 5.52 Å². The van der Waals surface area contributed by atoms with Gasteiger partial charge in [-0.3, -0.25) is 9.36 Å². The van der Waals surface area contributed by atoms with Gasteiger partial charge in [-0.15, -0.1) is 0 Å². The van der Waals surface area contributed by atoms with Gasteiger partial charge in [-0.1, -0.05) is 0 Å². The van der Waals surface area contributed by atoms with Gasteiger partial charge >= 0.3 is 5.76 Å². The molecule has 0 spiro atoms. The van der Waals surface area contributed by atoms with Gasteiger partial charge in [-0.2, -0.15) is 0 Å². The largest absolute Gasteiger partial charge is 0.419 e. The zero-order valence-corrected chi connectivity index (χ0v) is 10.8. The molecule has 20 heavy (non-hydrogen) atoms. The van der Waals surface area contributed by atoms with E-state index in [0.29, 0.717) is 27.9 Å². The van der Waals surface area contributed by atoms with E-state index >= 15 is 0 Å². The molecule has 0 radical (unpaired) electrons. The highest BCUT2D eigenvalue weighted by Gasteiger charge is 2.12. The number of anilines is 1. The van der Waals surface area contributed by atoms with Crippen LogP contribution in [0.4, 0.5) is 5.69 Å². The molecule has 1 heterocycles. The van der Waals surface area contributed by atoms with E-state index in [2.05, 4.69) is 0 Å². The molecule has 2 N–H and O–H groups in total. The number of aromatic nitrogens is 1. The topological polar surface area (TPSA) is 78.2 Å². The molecule has 0 bridgehead atoms. The lowest BCUT2D eigenvalue weighted by Crippen LogP contribution is -2.08. The maximum absolute atomic E-state index is 12.3. The first-order valence-electron chi connectivity index (χ1n) is 6.06. The number of nitrogen functional groups attached to an aromatic ring is 1. The molecule has 5 nitrogen and oxygen atoms in total. The molecule has 0 atom stereocenters. The van der Waals surface area contributed by atoms with Gasteiger partial charge in [0.2, 0.25) is 0 Å². The number of hydrogen-bond acceptors (Lipinski definition) is 4. The number of ketones is 1. The van der Waals surface area contributed by atoms with E-state index in [1.165, 1.54) is 4.57 Å². The molecule has 0 amide bonds. The van der Waals surface area contributed by atoms with E-state index in [9.17, 15) is 9.59 Å². The van der Waals surface area contributed by atoms with Crippen LogP contribution in [0.15, 0.2) is 51.7 Å². The van der Waals surface area contributed by atoms with Gasteiger partial charge in [-0.05, 0) is 42.5 Å². The van der Waals surface area contributed by atoms with E-state index in [0.717, 1.165) is 0 Å². The molecule has 3 aromatic rings. The summed E-state index contributed by atoms with van der Waals surface area (Å²) in [6.45, 7) is 0. The summed E-state index contributed by atoms with van der Waals surface area (Å²) in [5, 5.41) is 0. The summed E-state index contributed by atoms with van der Waals surface area (Å²) in [5.41, 5.74) is 8.26. The van der Waals surface area contributed by atoms with Crippen molar-refractivity contribution >= 4 is 22.6 Å². The molecule has 0 saturated heterocycles. The first-order valence-corrected chi connectivity index (χ1v) is 6.06. The Balaban J connectivity index is 2.08. The Morgan fingerprint density at radius 3 is 2.45 bits per heavy atom. The summed E-state index contributed by atoms with van der Waals surface area (Å²) in [4.78, 5) is 23.8. The van der Waals surface area contributed by atoms with Crippen molar-refractivity contribution in [2.75, 3.05) is 5.73 Å². The van der Waals surface area contributed by atoms with Crippen LogP contribution in [-0.2, 0) is 7.05 Å². The van der Waals surface area contributed by atoms with E-state index in [1.54, 1.807) is 49.5 Å². The first kappa shape index (κ1) is 12.2. The predicted octanol–water partition coefficient (Wildman–Crippen LogP) is 1.94. The maximum Gasteiger partial charge on any atom is 0.419 e. The molecule has 100 valence electrons. The number of nitrogens with two attached hydrogens (primary N) is 1. The van der Waals surface area contributed by atoms with Crippen LogP contribution in [0, 0.1) is 0 Å². The molecule has 0 aliphatic carbocycles. The molecule has 3 rings (SSSR count). The molecule has 2 aromatic carbocycles. The van der Waals surface area contributed by atoms with Gasteiger partial charge in [0.15, 0.2) is 11.4 Å². The molecule has 0 fully saturated rings. The number of aryl methyl sites for hydroxylation is 1. The van der Waals surface area contributed by atoms with Gasteiger partial charge in [0.1, 0.15) is 0 Å². The van der Waals surface area contributed by atoms with Crippen molar-refractivity contribution in [1.82, 2.24) is 4.57 Å². The van der Waals surface area contributed by atoms with Crippen molar-refractivity contribution in [1.29, 1.82) is 0 Å². The van der Waals surface area contributed by atoms with Crippen molar-refractivity contribution in [3.05, 3.63) is 64.1 Å². The highest BCUT2D eigenvalue weighted by Crippen LogP contribution is 2.17. The Kier molecular flexibility index (Phi) is 2.68. The Bertz CT molecular complexity index is 857. The monoisotopic (exact) mass is 268 g/mol. The first-order chi connectivity index (χ1) is 9.56. The van der Waals surface area contributed by atoms with Crippen molar-refractivity contribution in [3.63, 3.8) is 0 Å². The van der Waals surface area contributed by atoms with Crippen LogP contribution in [0.3, 0.4) is 0 Å². The molecule has 0 unspecified atom stereocenters. The van der Waals surface area contributed by atoms with Crippen molar-refractivity contribution in [2.24, 2.45) is 7.05 Å². The Labute approximate surface area is 114 Å². The summed E-state index contributed by atoms with van der Waals surface area (Å²) in [6.07, 6.45) is 0. The van der Waals surface area contributed by atoms with Crippen LogP contribution in [0.2, 0.25) is 0 Å². The number of nitrogens with zero attached hydrogens (tertiary/aromatic N) is 1. The highest BCUT2D eigenvalue weighted by molar-refractivity contribution is 6.10. The zero-order chi connectivity index (χ0) is 14.3. The minimum absolute atomic E-state index is 0.140. The van der Waals surface area contributed by atoms with Gasteiger partial charge in [0, 0.05) is 23.9 Å². The van der Waals surface area contributed by atoms with Gasteiger partial charge in [-0.25, -0.2) is 4.79 Å². The second-order valence-corrected chi connectivity index (χ2v) is 4.56. The Hall–Kier alpha value is -2.82. The van der Waals surface area contributed by atoms with E-state index in [4.69, 9.17) is 10.2 Å². The summed E-state index contributed by atoms with van der Waals surface area (Å²) in [6, 6.07) is 11.6. The van der Waals surface area contributed by atoms with E-state index in [1.807, 2.05) is 0 Å². The second-order valence-electron chi connectivity index (χ2n) is 4.56. The van der Waals surface area contributed by atoms with Crippen LogP contribution < -0.4 is 11.5 Å². The van der Waals surface area contributed by atoms with Crippen LogP contribution >= 0.6 is 0 Å². The molecule has 0 aliphatic rings. The fourth-order valence-corrected chi connectivity index (χ4v) is 2.08. The summed E-state index contributed by atoms with van der Waals surface area (Å²) >= 11 is 0. The Morgan fingerprint density at radius 2 is 1.75 bits per heavy atom. The average Bonchev–Trinajstić information content (AvgIpc) is 2.74. The molecular weight excluding hydrogens is 256 g/mol. The molecular formula is C15H12N2O3. The predicted molar refractivity (Wildman–Crippen MR) is 75.7 cm³/mol. The summed E-state index contributed by atoms with van der Waals surface area (Å²) in [7, 11) is 1.62. The van der Waals surface area contributed by atoms with E-state index < -0.39 is 5.76 Å². The lowest BCUT2D eigenvalue weighted by molar-refractivity contribution is 0.103. The number of rotatable bonds is 2. The normalized spacial score (nSPS) is 10.8. The summed E-state index contributed by atoms with van der Waals surface area (Å²) < 4.78 is 6.48. The number of carbonyl (C=O) groups excluding carboxylic acids is 1. The minimum atomic E-state index is -0.447. The van der Waals surface area contributed by atoms with Crippen LogP contribution in [0.5, 0.6) is 0 Å². The third-order valence-corrected chi connectivity index (χ3v) is 3.23. The number of benzene rings is 2. The highest BCUT2D eigenvalue weighted by atomic mass is 16.4. The maximum atomic E-state index is 12.3. The Morgan fingerprint density at radius 1 is 1.10 bits per heavy atom. The van der Waals surface area contributed by atoms with Crippen LogP contribution in [0.25, 0.3) is 11.1 Å². The third kappa shape index (κ3) is 1.89. The molecule has 0 aliphatic heterocycles. The minimum Gasteiger partial charge on any atom is -0.408 e. The van der Waals surface area contributed by atoms with Crippen molar-refractivity contribution < 1.29 is 9.21 Å². The van der Waals surface area contributed by atoms with Gasteiger partial charge in [0.25, 0.3) is 0 Å². The molecule has 1 aromatic heterocycles. The number of fused-ring (bicyclic) bond motifs is 1. The number of oxazole rings is 1. The average molecular weight is 268 g/mol. The van der Waals surface area contributed by atoms with E-state index in [-0.39, 0.29) is 5.78 Å². The lowest BCUT2D eigenvalue weighted by Gasteiger charge is -2.02. The molecule has 0 saturated carbocycles. The SMILES string of the molecule is Cn1c(=O)oc2cc(C(=O)c3ccc(N)cc3)ccc21. The number of carbonyl (C=O) groups is 1. The van der Waals surface area contributed by atoms with Gasteiger partial charge < -0.3 is 10.2 Å². The summed E-state index contributed by atoms with van der Waals surface area (Å²) in [5.74, 6) is -0.588. The standard InChI is InChI=1S/C15H12N2O3/c1-17-12-7-4-10(8-13(12)20-15(17)19)14(18)9-2-5-11(16)6-3-9/h2-8H,16H2,1H3. The zero-order valence-electron chi connectivity index (χ0n) is 10.8. The number of hydrogen-bond donors (Lipinski definition) is 1. The van der Waals surface area contributed by atoms with Crippen LogP contribution in [-0.4, -0.2) is 10.4 Å². The lowest BCUT2D eigenvalue weighted by atomic mass is 10.0. The smallest absolute Gasteiger partial charge is 0.408 e. The van der Waals surface area contributed by atoms with Crippen molar-refractivity contribution in [2.45, 2.75) is 0 Å². The van der Waals surface area contributed by atoms with Crippen LogP contribution in [0.1, 0.15) is 15.9 Å². The fourth-order valence-electron chi connectivity index (χ4n) is 2.08. The quantitative estimate of drug-likeness (QED) is 0.569. The second kappa shape index (κ2) is 4.38. The van der Waals surface area contributed by atoms with Crippen molar-refractivity contribution in [3.8, 4) is 0 Å².